The zero-order chi connectivity index (χ0) is 65.1. The number of hydrogen-bond acceptors (Lipinski definition) is 12. The number of amides is 8. The quantitative estimate of drug-likeness (QED) is 0.0196. The van der Waals surface area contributed by atoms with Crippen molar-refractivity contribution >= 4 is 63.9 Å². The number of ether oxygens (including phenoxy) is 2. The van der Waals surface area contributed by atoms with Gasteiger partial charge in [-0.2, -0.15) is 0 Å². The molecule has 8 amide bonds. The molecule has 0 radical (unpaired) electrons. The lowest BCUT2D eigenvalue weighted by molar-refractivity contribution is -0.143. The number of para-hydroxylation sites is 1. The van der Waals surface area contributed by atoms with E-state index in [1.165, 1.54) is 11.8 Å². The summed E-state index contributed by atoms with van der Waals surface area (Å²) in [5.41, 5.74) is 7.08. The maximum atomic E-state index is 13.9. The van der Waals surface area contributed by atoms with Gasteiger partial charge in [-0.3, -0.25) is 63.8 Å². The van der Waals surface area contributed by atoms with Gasteiger partial charge in [0, 0.05) is 76.6 Å². The second kappa shape index (κ2) is 37.4. The van der Waals surface area contributed by atoms with Crippen LogP contribution in [0.5, 0.6) is 0 Å². The van der Waals surface area contributed by atoms with Crippen molar-refractivity contribution in [2.24, 2.45) is 35.0 Å². The highest BCUT2D eigenvalue weighted by Crippen LogP contribution is 2.33. The van der Waals surface area contributed by atoms with Gasteiger partial charge in [-0.1, -0.05) is 144 Å². The normalized spacial score (nSPS) is 17.4. The van der Waals surface area contributed by atoms with Gasteiger partial charge >= 0.3 is 0 Å². The van der Waals surface area contributed by atoms with E-state index >= 15 is 0 Å². The van der Waals surface area contributed by atoms with Crippen molar-refractivity contribution in [3.8, 4) is 0 Å². The summed E-state index contributed by atoms with van der Waals surface area (Å²) in [6.07, 6.45) is 7.42. The molecular formula is C67H107N9O11. The van der Waals surface area contributed by atoms with Crippen LogP contribution in [-0.2, 0) is 65.6 Å². The molecule has 2 aliphatic rings. The van der Waals surface area contributed by atoms with E-state index in [2.05, 4.69) is 52.6 Å². The molecule has 0 bridgehead atoms. The highest BCUT2D eigenvalue weighted by Gasteiger charge is 2.45. The summed E-state index contributed by atoms with van der Waals surface area (Å²) in [5, 5.41) is 9.93. The summed E-state index contributed by atoms with van der Waals surface area (Å²) >= 11 is 0. The molecule has 1 aromatic heterocycles. The van der Waals surface area contributed by atoms with Crippen LogP contribution in [0.2, 0.25) is 0 Å². The lowest BCUT2D eigenvalue weighted by atomic mass is 9.87. The van der Waals surface area contributed by atoms with Crippen molar-refractivity contribution in [1.82, 2.24) is 46.5 Å². The highest BCUT2D eigenvalue weighted by molar-refractivity contribution is 6.05. The number of Topliss-reactive ketones (excluding diaryl/α,β-unsaturated/α-hetero) is 1. The number of hydrogen-bond donors (Lipinski definition) is 6. The molecule has 3 aromatic rings. The predicted molar refractivity (Wildman–Crippen MR) is 340 cm³/mol. The fraction of sp³-hybridized carbons (Fsp3) is 0.657. The minimum Gasteiger partial charge on any atom is -0.381 e. The van der Waals surface area contributed by atoms with Crippen LogP contribution in [0.15, 0.2) is 60.8 Å². The van der Waals surface area contributed by atoms with Crippen LogP contribution in [0.4, 0.5) is 0 Å². The molecule has 486 valence electrons. The number of fused-ring (bicyclic) bond motifs is 1. The largest absolute Gasteiger partial charge is 0.381 e. The van der Waals surface area contributed by atoms with Crippen LogP contribution in [0.3, 0.4) is 0 Å². The molecule has 0 saturated carbocycles. The summed E-state index contributed by atoms with van der Waals surface area (Å²) in [4.78, 5) is 123. The Kier molecular flexibility index (Phi) is 32.1. The van der Waals surface area contributed by atoms with Crippen molar-refractivity contribution < 1.29 is 52.6 Å². The predicted octanol–water partition coefficient (Wildman–Crippen LogP) is 8.21. The molecule has 0 spiro atoms. The van der Waals surface area contributed by atoms with Gasteiger partial charge in [-0.25, -0.2) is 0 Å². The molecule has 2 aromatic carbocycles. The van der Waals surface area contributed by atoms with Crippen LogP contribution in [0.25, 0.3) is 10.9 Å². The number of methoxy groups -OCH3 is 2. The van der Waals surface area contributed by atoms with E-state index in [-0.39, 0.29) is 102 Å². The number of H-pyrrole nitrogens is 1. The Hall–Kier alpha value is -6.51. The number of carbonyl (C=O) groups excluding carboxylic acids is 9. The summed E-state index contributed by atoms with van der Waals surface area (Å²) in [5.74, 6) is -1.67. The average molecular weight is 1210 g/mol. The first-order valence-electron chi connectivity index (χ1n) is 31.7. The first-order valence-corrected chi connectivity index (χ1v) is 31.7. The molecule has 2 aliphatic heterocycles. The molecule has 87 heavy (non-hydrogen) atoms. The zero-order valence-electron chi connectivity index (χ0n) is 55.3. The molecule has 9 atom stereocenters. The Morgan fingerprint density at radius 1 is 0.782 bits per heavy atom. The standard InChI is InChI=1S/C37H52N4O5.C28H49N5O6.C2H6/c1-7-24(2)25(3)33(45-5)21-34(42)41-19-13-18-32(41)35(46-6)26(4)36(43)40-31(37(44)39-22-27-14-9-8-10-15-27)20-28-23-38-30-17-12-11-16-29(28)30;1-18(2)24(20(5)34)29-26(38)25(19(3)4)32(8)15-12-14-22(36)31-30-21(35)13-10-9-11-16-33-23(37)17-28(6,7)27(33)39;1-2/h8-12,14-17,23-26,31-33,35,38H,7,13,18-22H2,1-6H3,(H,39,44)(H,40,43);18-19,24-25H,9-17H2,1-8H3,(H,29,38)(H,30,35)(H,31,36);1-2H3/t24?,25?,26?,31-,32-,33?,35?;24-,25?;/m00./s1. The van der Waals surface area contributed by atoms with E-state index in [1.807, 2.05) is 126 Å². The molecule has 20 heteroatoms. The minimum atomic E-state index is -0.804. The molecule has 20 nitrogen and oxygen atoms in total. The van der Waals surface area contributed by atoms with Crippen LogP contribution in [-0.4, -0.2) is 150 Å². The van der Waals surface area contributed by atoms with E-state index in [4.69, 9.17) is 9.47 Å². The van der Waals surface area contributed by atoms with Gasteiger partial charge in [-0.15, -0.1) is 0 Å². The second-order valence-electron chi connectivity index (χ2n) is 24.8. The van der Waals surface area contributed by atoms with Crippen LogP contribution < -0.4 is 26.8 Å². The Labute approximate surface area is 518 Å². The first-order chi connectivity index (χ1) is 41.3. The van der Waals surface area contributed by atoms with Crippen molar-refractivity contribution in [2.75, 3.05) is 40.9 Å². The van der Waals surface area contributed by atoms with E-state index < -0.39 is 35.6 Å². The fourth-order valence-corrected chi connectivity index (χ4v) is 11.6. The molecular weight excluding hydrogens is 1110 g/mol. The summed E-state index contributed by atoms with van der Waals surface area (Å²) in [6.45, 7) is 26.8. The number of nitrogens with zero attached hydrogens (tertiary/aromatic N) is 3. The van der Waals surface area contributed by atoms with Gasteiger partial charge in [0.05, 0.1) is 48.1 Å². The molecule has 6 unspecified atom stereocenters. The minimum absolute atomic E-state index is 0.00561. The van der Waals surface area contributed by atoms with Crippen LogP contribution in [0.1, 0.15) is 172 Å². The molecule has 3 heterocycles. The summed E-state index contributed by atoms with van der Waals surface area (Å²) in [7, 11) is 5.08. The third-order valence-electron chi connectivity index (χ3n) is 17.1. The fourth-order valence-electron chi connectivity index (χ4n) is 11.6. The van der Waals surface area contributed by atoms with Crippen molar-refractivity contribution in [3.05, 3.63) is 71.9 Å². The van der Waals surface area contributed by atoms with Crippen LogP contribution in [0, 0.1) is 35.0 Å². The Morgan fingerprint density at radius 2 is 1.41 bits per heavy atom. The number of rotatable bonds is 32. The lowest BCUT2D eigenvalue weighted by Crippen LogP contribution is -2.54. The average Bonchev–Trinajstić information content (AvgIpc) is 2.34. The Morgan fingerprint density at radius 3 is 1.99 bits per heavy atom. The number of likely N-dealkylation sites (tertiary alicyclic amines) is 2. The number of nitrogens with one attached hydrogen (secondary N) is 6. The number of aromatic amines is 1. The Bertz CT molecular complexity index is 2680. The van der Waals surface area contributed by atoms with Gasteiger partial charge in [0.15, 0.2) is 5.78 Å². The van der Waals surface area contributed by atoms with Crippen molar-refractivity contribution in [1.29, 1.82) is 0 Å². The second-order valence-corrected chi connectivity index (χ2v) is 24.8. The lowest BCUT2D eigenvalue weighted by Gasteiger charge is -2.35. The summed E-state index contributed by atoms with van der Waals surface area (Å²) in [6, 6.07) is 15.6. The number of likely N-dealkylation sites (N-methyl/N-ethyl adjacent to an activating group) is 1. The van der Waals surface area contributed by atoms with Crippen LogP contribution >= 0.6 is 0 Å². The topological polar surface area (TPSA) is 258 Å². The van der Waals surface area contributed by atoms with E-state index in [1.54, 1.807) is 28.1 Å². The monoisotopic (exact) mass is 1210 g/mol. The van der Waals surface area contributed by atoms with Crippen molar-refractivity contribution in [2.45, 2.75) is 210 Å². The van der Waals surface area contributed by atoms with E-state index in [0.717, 1.165) is 41.3 Å². The Balaban J connectivity index is 0.000000449. The SMILES string of the molecule is CC.CC(=O)[C@@H](NC(=O)C(C(C)C)N(C)CCCC(=O)NNC(=O)CCCCCN1C(=O)CC(C)(C)C1=O)C(C)C.CCC(C)C(C)C(CC(=O)N1CCC[C@H]1C(OC)C(C)C(=O)N[C@@H](Cc1c[nH]c2ccccc12)C(=O)NCc1ccccc1)OC. The number of imide groups is 1. The first kappa shape index (κ1) is 74.7. The third-order valence-corrected chi connectivity index (χ3v) is 17.1. The molecule has 2 saturated heterocycles. The third kappa shape index (κ3) is 22.9. The van der Waals surface area contributed by atoms with Gasteiger partial charge in [0.25, 0.3) is 0 Å². The van der Waals surface area contributed by atoms with Gasteiger partial charge in [0.1, 0.15) is 6.04 Å². The van der Waals surface area contributed by atoms with Crippen molar-refractivity contribution in [3.63, 3.8) is 0 Å². The zero-order valence-corrected chi connectivity index (χ0v) is 55.3. The number of carbonyl (C=O) groups is 9. The smallest absolute Gasteiger partial charge is 0.243 e. The maximum Gasteiger partial charge on any atom is 0.243 e. The van der Waals surface area contributed by atoms with Gasteiger partial charge in [-0.05, 0) is 93.5 Å². The van der Waals surface area contributed by atoms with E-state index in [9.17, 15) is 43.2 Å². The molecule has 5 rings (SSSR count). The van der Waals surface area contributed by atoms with Gasteiger partial charge < -0.3 is 35.3 Å². The number of ketones is 1. The van der Waals surface area contributed by atoms with Gasteiger partial charge in [0.2, 0.25) is 47.3 Å². The molecule has 6 N–H and O–H groups in total. The van der Waals surface area contributed by atoms with E-state index in [0.29, 0.717) is 70.6 Å². The molecule has 0 aliphatic carbocycles. The number of hydrazine groups is 1. The summed E-state index contributed by atoms with van der Waals surface area (Å²) < 4.78 is 11.7. The number of benzene rings is 2. The molecule has 2 fully saturated rings. The number of aromatic nitrogens is 1. The maximum absolute atomic E-state index is 13.9. The number of unbranched alkanes of at least 4 members (excludes halogenated alkanes) is 2. The highest BCUT2D eigenvalue weighted by atomic mass is 16.5.